The Labute approximate surface area is 165 Å². The van der Waals surface area contributed by atoms with Crippen LogP contribution in [-0.4, -0.2) is 25.1 Å². The van der Waals surface area contributed by atoms with Crippen molar-refractivity contribution >= 4 is 23.6 Å². The van der Waals surface area contributed by atoms with Crippen LogP contribution >= 0.6 is 0 Å². The average Bonchev–Trinajstić information content (AvgIpc) is 2.70. The molecule has 2 aromatic rings. The van der Waals surface area contributed by atoms with Crippen LogP contribution in [0.25, 0.3) is 6.08 Å². The highest BCUT2D eigenvalue weighted by molar-refractivity contribution is 5.94. The van der Waals surface area contributed by atoms with E-state index in [0.717, 1.165) is 11.3 Å². The summed E-state index contributed by atoms with van der Waals surface area (Å²) in [5.74, 6) is 0.172. The second kappa shape index (κ2) is 10.7. The van der Waals surface area contributed by atoms with Crippen LogP contribution in [0, 0.1) is 0 Å². The van der Waals surface area contributed by atoms with Crippen molar-refractivity contribution in [2.45, 2.75) is 19.8 Å². The first-order chi connectivity index (χ1) is 13.5. The lowest BCUT2D eigenvalue weighted by Gasteiger charge is -2.08. The first-order valence-electron chi connectivity index (χ1n) is 9.06. The van der Waals surface area contributed by atoms with Crippen molar-refractivity contribution in [3.63, 3.8) is 0 Å². The molecule has 0 bridgehead atoms. The monoisotopic (exact) mass is 379 g/mol. The van der Waals surface area contributed by atoms with Gasteiger partial charge in [-0.15, -0.1) is 0 Å². The van der Waals surface area contributed by atoms with Gasteiger partial charge >= 0.3 is 5.97 Å². The molecule has 2 aromatic carbocycles. The Morgan fingerprint density at radius 2 is 1.75 bits per heavy atom. The van der Waals surface area contributed by atoms with Gasteiger partial charge < -0.3 is 14.8 Å². The molecule has 0 atom stereocenters. The van der Waals surface area contributed by atoms with Gasteiger partial charge in [0.25, 0.3) is 5.91 Å². The summed E-state index contributed by atoms with van der Waals surface area (Å²) in [5, 5.41) is 2.70. The molecule has 0 radical (unpaired) electrons. The smallest absolute Gasteiger partial charge is 0.331 e. The molecule has 28 heavy (non-hydrogen) atoms. The third kappa shape index (κ3) is 7.11. The van der Waals surface area contributed by atoms with Gasteiger partial charge in [0.1, 0.15) is 12.4 Å². The zero-order chi connectivity index (χ0) is 20.4. The van der Waals surface area contributed by atoms with E-state index in [1.54, 1.807) is 24.3 Å². The molecule has 0 heterocycles. The number of hydrogen-bond donors (Lipinski definition) is 1. The summed E-state index contributed by atoms with van der Waals surface area (Å²) < 4.78 is 10.4. The van der Waals surface area contributed by atoms with Gasteiger partial charge in [-0.3, -0.25) is 4.79 Å². The van der Waals surface area contributed by atoms with Crippen molar-refractivity contribution in [1.29, 1.82) is 0 Å². The van der Waals surface area contributed by atoms with Gasteiger partial charge in [-0.1, -0.05) is 50.8 Å². The summed E-state index contributed by atoms with van der Waals surface area (Å²) in [6.45, 7) is 7.89. The van der Waals surface area contributed by atoms with Crippen LogP contribution in [0.15, 0.2) is 67.3 Å². The predicted molar refractivity (Wildman–Crippen MR) is 111 cm³/mol. The van der Waals surface area contributed by atoms with Crippen LogP contribution in [0.3, 0.4) is 0 Å². The van der Waals surface area contributed by atoms with E-state index in [4.69, 9.17) is 9.47 Å². The zero-order valence-electron chi connectivity index (χ0n) is 16.2. The Balaban J connectivity index is 1.77. The molecule has 1 N–H and O–H groups in total. The van der Waals surface area contributed by atoms with E-state index in [1.165, 1.54) is 11.6 Å². The van der Waals surface area contributed by atoms with E-state index in [-0.39, 0.29) is 12.5 Å². The highest BCUT2D eigenvalue weighted by Crippen LogP contribution is 2.17. The fourth-order valence-corrected chi connectivity index (χ4v) is 2.33. The first-order valence-corrected chi connectivity index (χ1v) is 9.06. The molecule has 0 fully saturated rings. The molecule has 0 aromatic heterocycles. The van der Waals surface area contributed by atoms with Gasteiger partial charge in [0.2, 0.25) is 0 Å². The van der Waals surface area contributed by atoms with Gasteiger partial charge in [-0.05, 0) is 47.4 Å². The molecule has 0 unspecified atom stereocenters. The van der Waals surface area contributed by atoms with Crippen molar-refractivity contribution < 1.29 is 19.1 Å². The number of rotatable bonds is 9. The molecule has 0 aliphatic rings. The lowest BCUT2D eigenvalue weighted by Crippen LogP contribution is -2.20. The van der Waals surface area contributed by atoms with Crippen molar-refractivity contribution in [2.24, 2.45) is 0 Å². The molecular weight excluding hydrogens is 354 g/mol. The molecule has 0 saturated carbocycles. The van der Waals surface area contributed by atoms with Crippen LogP contribution in [0.5, 0.6) is 5.75 Å². The third-order valence-electron chi connectivity index (χ3n) is 3.87. The highest BCUT2D eigenvalue weighted by Gasteiger charge is 2.06. The van der Waals surface area contributed by atoms with Crippen LogP contribution < -0.4 is 10.1 Å². The van der Waals surface area contributed by atoms with Crippen molar-refractivity contribution in [3.05, 3.63) is 78.4 Å². The standard InChI is InChI=1S/C23H25NO4/c1-4-15-27-21-12-5-18(6-13-21)7-14-23(26)28-16-22(25)24-20-10-8-19(9-11-20)17(2)3/h4-14,17H,1,15-16H2,2-3H3,(H,24,25)/b14-7+. The van der Waals surface area contributed by atoms with Crippen LogP contribution in [0.2, 0.25) is 0 Å². The number of carbonyl (C=O) groups is 2. The normalized spacial score (nSPS) is 10.7. The SMILES string of the molecule is C=CCOc1ccc(/C=C/C(=O)OCC(=O)Nc2ccc(C(C)C)cc2)cc1. The van der Waals surface area contributed by atoms with Gasteiger partial charge in [-0.25, -0.2) is 4.79 Å². The van der Waals surface area contributed by atoms with Crippen LogP contribution in [0.4, 0.5) is 5.69 Å². The Kier molecular flexibility index (Phi) is 8.03. The summed E-state index contributed by atoms with van der Waals surface area (Å²) in [5.41, 5.74) is 2.67. The number of hydrogen-bond acceptors (Lipinski definition) is 4. The van der Waals surface area contributed by atoms with Crippen molar-refractivity contribution in [2.75, 3.05) is 18.5 Å². The number of anilines is 1. The second-order valence-corrected chi connectivity index (χ2v) is 6.43. The molecule has 0 saturated heterocycles. The molecule has 1 amide bonds. The van der Waals surface area contributed by atoms with E-state index < -0.39 is 5.97 Å². The quantitative estimate of drug-likeness (QED) is 0.394. The van der Waals surface area contributed by atoms with E-state index in [2.05, 4.69) is 25.7 Å². The second-order valence-electron chi connectivity index (χ2n) is 6.43. The minimum Gasteiger partial charge on any atom is -0.490 e. The largest absolute Gasteiger partial charge is 0.490 e. The Morgan fingerprint density at radius 3 is 2.36 bits per heavy atom. The lowest BCUT2D eigenvalue weighted by atomic mass is 10.0. The van der Waals surface area contributed by atoms with Gasteiger partial charge in [0, 0.05) is 11.8 Å². The number of ether oxygens (including phenoxy) is 2. The van der Waals surface area contributed by atoms with Gasteiger partial charge in [0.05, 0.1) is 0 Å². The fourth-order valence-electron chi connectivity index (χ4n) is 2.33. The number of carbonyl (C=O) groups excluding carboxylic acids is 2. The number of amides is 1. The Hall–Kier alpha value is -3.34. The van der Waals surface area contributed by atoms with Crippen molar-refractivity contribution in [1.82, 2.24) is 0 Å². The summed E-state index contributed by atoms with van der Waals surface area (Å²) in [7, 11) is 0. The Bertz CT molecular complexity index is 821. The van der Waals surface area contributed by atoms with E-state index in [9.17, 15) is 9.59 Å². The molecule has 5 nitrogen and oxygen atoms in total. The predicted octanol–water partition coefficient (Wildman–Crippen LogP) is 4.57. The molecule has 2 rings (SSSR count). The average molecular weight is 379 g/mol. The highest BCUT2D eigenvalue weighted by atomic mass is 16.5. The molecule has 5 heteroatoms. The lowest BCUT2D eigenvalue weighted by molar-refractivity contribution is -0.142. The summed E-state index contributed by atoms with van der Waals surface area (Å²) in [4.78, 5) is 23.7. The minimum atomic E-state index is -0.586. The third-order valence-corrected chi connectivity index (χ3v) is 3.87. The molecule has 0 aliphatic heterocycles. The van der Waals surface area contributed by atoms with E-state index in [0.29, 0.717) is 18.2 Å². The van der Waals surface area contributed by atoms with Crippen molar-refractivity contribution in [3.8, 4) is 5.75 Å². The summed E-state index contributed by atoms with van der Waals surface area (Å²) in [6, 6.07) is 14.8. The summed E-state index contributed by atoms with van der Waals surface area (Å²) in [6.07, 6.45) is 4.56. The number of esters is 1. The number of benzene rings is 2. The van der Waals surface area contributed by atoms with E-state index in [1.807, 2.05) is 36.4 Å². The maximum atomic E-state index is 11.9. The molecule has 0 spiro atoms. The molecule has 0 aliphatic carbocycles. The van der Waals surface area contributed by atoms with Gasteiger partial charge in [-0.2, -0.15) is 0 Å². The first kappa shape index (κ1) is 21.0. The number of nitrogens with one attached hydrogen (secondary N) is 1. The Morgan fingerprint density at radius 1 is 1.07 bits per heavy atom. The van der Waals surface area contributed by atoms with E-state index >= 15 is 0 Å². The van der Waals surface area contributed by atoms with Gasteiger partial charge in [0.15, 0.2) is 6.61 Å². The maximum Gasteiger partial charge on any atom is 0.331 e. The topological polar surface area (TPSA) is 64.6 Å². The molecule has 146 valence electrons. The maximum absolute atomic E-state index is 11.9. The summed E-state index contributed by atoms with van der Waals surface area (Å²) >= 11 is 0. The van der Waals surface area contributed by atoms with Crippen LogP contribution in [0.1, 0.15) is 30.9 Å². The fraction of sp³-hybridized carbons (Fsp3) is 0.217. The van der Waals surface area contributed by atoms with Crippen LogP contribution in [-0.2, 0) is 14.3 Å². The molecular formula is C23H25NO4. The minimum absolute atomic E-state index is 0.344. The zero-order valence-corrected chi connectivity index (χ0v) is 16.2.